The van der Waals surface area contributed by atoms with Gasteiger partial charge in [-0.15, -0.1) is 0 Å². The minimum atomic E-state index is -5.21. The maximum atomic E-state index is 12.8. The van der Waals surface area contributed by atoms with Gasteiger partial charge in [0.15, 0.2) is 0 Å². The van der Waals surface area contributed by atoms with Crippen molar-refractivity contribution in [1.82, 2.24) is 0 Å². The molecule has 0 aliphatic heterocycles. The molecule has 0 bridgehead atoms. The first kappa shape index (κ1) is 54.9. The molecule has 0 saturated heterocycles. The van der Waals surface area contributed by atoms with E-state index in [4.69, 9.17) is 0 Å². The van der Waals surface area contributed by atoms with Gasteiger partial charge in [-0.25, -0.2) is 0 Å². The average molecular weight is 783 g/mol. The quantitative estimate of drug-likeness (QED) is 0.0438. The predicted molar refractivity (Wildman–Crippen MR) is 220 cm³/mol. The van der Waals surface area contributed by atoms with Gasteiger partial charge in [0.1, 0.15) is 0 Å². The van der Waals surface area contributed by atoms with Crippen molar-refractivity contribution in [2.75, 3.05) is 0 Å². The largest absolute Gasteiger partial charge is 1.00 e. The van der Waals surface area contributed by atoms with E-state index in [0.29, 0.717) is 18.3 Å². The van der Waals surface area contributed by atoms with Crippen molar-refractivity contribution in [2.45, 2.75) is 215 Å². The molecule has 9 heteroatoms. The van der Waals surface area contributed by atoms with Gasteiger partial charge in [-0.05, 0) is 73.0 Å². The van der Waals surface area contributed by atoms with Gasteiger partial charge in [-0.1, -0.05) is 185 Å². The second-order valence-corrected chi connectivity index (χ2v) is 20.4. The van der Waals surface area contributed by atoms with Crippen LogP contribution in [-0.2, 0) is 19.7 Å². The Bertz CT molecular complexity index is 1060. The maximum Gasteiger partial charge on any atom is 1.00 e. The number of rotatable bonds is 34. The molecule has 7 nitrogen and oxygen atoms in total. The van der Waals surface area contributed by atoms with E-state index in [1.54, 1.807) is 0 Å². The summed E-state index contributed by atoms with van der Waals surface area (Å²) in [5.41, 5.74) is 0. The molecule has 0 aromatic rings. The topological polar surface area (TPSA) is 129 Å². The second-order valence-electron chi connectivity index (χ2n) is 18.7. The van der Waals surface area contributed by atoms with E-state index in [9.17, 15) is 32.8 Å². The van der Waals surface area contributed by atoms with Gasteiger partial charge in [-0.3, -0.25) is 14.1 Å². The molecule has 0 aliphatic rings. The Morgan fingerprint density at radius 3 is 0.981 bits per heavy atom. The van der Waals surface area contributed by atoms with Crippen LogP contribution < -0.4 is 29.6 Å². The summed E-state index contributed by atoms with van der Waals surface area (Å²) in [6, 6.07) is 0. The standard InChI is InChI=1S/C44H86O7S.Na.H/c1-33(2)17-11-19-35(5)21-13-23-37(7)25-15-27-39(9)29-30-41(42(45)46)44(43(47)48,52(49,50)51)32-31-40(10)28-16-26-38(8)24-14-22-36(6)20-12-18-34(3)4;;/h33-41H,11-32H2,1-10H3,(H,45,46)(H,47,48)(H,49,50,51);;/q;+1;-1. The summed E-state index contributed by atoms with van der Waals surface area (Å²) in [7, 11) is -5.21. The Kier molecular flexibility index (Phi) is 31.1. The van der Waals surface area contributed by atoms with Crippen LogP contribution in [0, 0.1) is 53.3 Å². The van der Waals surface area contributed by atoms with Crippen LogP contribution in [0.3, 0.4) is 0 Å². The van der Waals surface area contributed by atoms with Gasteiger partial charge in [0.25, 0.3) is 10.1 Å². The smallest absolute Gasteiger partial charge is 1.00 e. The van der Waals surface area contributed by atoms with Gasteiger partial charge in [0, 0.05) is 0 Å². The summed E-state index contributed by atoms with van der Waals surface area (Å²) in [4.78, 5) is 25.2. The van der Waals surface area contributed by atoms with Crippen molar-refractivity contribution in [3.63, 3.8) is 0 Å². The molecule has 0 aromatic heterocycles. The van der Waals surface area contributed by atoms with Crippen LogP contribution in [0.4, 0.5) is 0 Å². The number of aliphatic carboxylic acids is 2. The minimum absolute atomic E-state index is 0. The van der Waals surface area contributed by atoms with Crippen LogP contribution in [0.5, 0.6) is 0 Å². The SMILES string of the molecule is CC(C)CCCC(C)CCCC(C)CCCC(C)CCC(C(=O)O)C(CCC(C)CCCC(C)CCCC(C)CCCC(C)C)(C(=O)O)S(=O)(=O)O.[H-].[Na+]. The third-order valence-electron chi connectivity index (χ3n) is 12.2. The van der Waals surface area contributed by atoms with Crippen LogP contribution in [0.15, 0.2) is 0 Å². The summed E-state index contributed by atoms with van der Waals surface area (Å²) in [6.45, 7) is 22.4. The Balaban J connectivity index is -0.0000130. The zero-order valence-electron chi connectivity index (χ0n) is 37.6. The number of carboxylic acid groups (broad SMARTS) is 2. The van der Waals surface area contributed by atoms with Gasteiger partial charge >= 0.3 is 41.5 Å². The zero-order valence-corrected chi connectivity index (χ0v) is 39.5. The molecule has 0 spiro atoms. The van der Waals surface area contributed by atoms with Crippen LogP contribution in [0.1, 0.15) is 212 Å². The van der Waals surface area contributed by atoms with E-state index in [1.807, 2.05) is 13.8 Å². The molecular formula is C44H87NaO7S. The number of hydrogen-bond donors (Lipinski definition) is 3. The molecule has 0 rings (SSSR count). The van der Waals surface area contributed by atoms with E-state index >= 15 is 0 Å². The Morgan fingerprint density at radius 2 is 0.736 bits per heavy atom. The molecule has 0 radical (unpaired) electrons. The minimum Gasteiger partial charge on any atom is -1.00 e. The van der Waals surface area contributed by atoms with Crippen molar-refractivity contribution in [3.05, 3.63) is 0 Å². The second kappa shape index (κ2) is 30.0. The summed E-state index contributed by atoms with van der Waals surface area (Å²) >= 11 is 0. The molecule has 312 valence electrons. The van der Waals surface area contributed by atoms with Crippen molar-refractivity contribution in [1.29, 1.82) is 0 Å². The van der Waals surface area contributed by atoms with Crippen molar-refractivity contribution < 1.29 is 63.8 Å². The average Bonchev–Trinajstić information content (AvgIpc) is 3.01. The van der Waals surface area contributed by atoms with Gasteiger partial charge < -0.3 is 11.6 Å². The van der Waals surface area contributed by atoms with Crippen LogP contribution in [-0.4, -0.2) is 39.9 Å². The molecule has 0 amide bonds. The molecule has 0 fully saturated rings. The van der Waals surface area contributed by atoms with E-state index < -0.39 is 39.1 Å². The number of carbonyl (C=O) groups is 2. The van der Waals surface area contributed by atoms with E-state index in [0.717, 1.165) is 62.2 Å². The Hall–Kier alpha value is -0.150. The Labute approximate surface area is 352 Å². The Morgan fingerprint density at radius 1 is 0.472 bits per heavy atom. The van der Waals surface area contributed by atoms with E-state index in [-0.39, 0.29) is 55.7 Å². The summed E-state index contributed by atoms with van der Waals surface area (Å²) in [6.07, 6.45) is 21.1. The predicted octanol–water partition coefficient (Wildman–Crippen LogP) is 10.2. The number of carboxylic acids is 2. The van der Waals surface area contributed by atoms with Crippen LogP contribution in [0.2, 0.25) is 0 Å². The van der Waals surface area contributed by atoms with Gasteiger partial charge in [0.2, 0.25) is 4.75 Å². The van der Waals surface area contributed by atoms with Crippen molar-refractivity contribution in [2.24, 2.45) is 53.3 Å². The summed E-state index contributed by atoms with van der Waals surface area (Å²) in [5, 5.41) is 20.4. The van der Waals surface area contributed by atoms with Crippen molar-refractivity contribution in [3.8, 4) is 0 Å². The fraction of sp³-hybridized carbons (Fsp3) is 0.955. The fourth-order valence-electron chi connectivity index (χ4n) is 8.19. The third kappa shape index (κ3) is 25.0. The van der Waals surface area contributed by atoms with Gasteiger partial charge in [-0.2, -0.15) is 8.42 Å². The van der Waals surface area contributed by atoms with Crippen LogP contribution >= 0.6 is 0 Å². The maximum absolute atomic E-state index is 12.8. The van der Waals surface area contributed by atoms with E-state index in [1.165, 1.54) is 77.0 Å². The molecule has 53 heavy (non-hydrogen) atoms. The molecule has 8 unspecified atom stereocenters. The monoisotopic (exact) mass is 783 g/mol. The molecule has 0 heterocycles. The fourth-order valence-corrected chi connectivity index (χ4v) is 9.37. The first-order chi connectivity index (χ1) is 24.2. The third-order valence-corrected chi connectivity index (χ3v) is 13.8. The first-order valence-electron chi connectivity index (χ1n) is 21.7. The molecular weight excluding hydrogens is 696 g/mol. The molecule has 0 saturated carbocycles. The normalized spacial score (nSPS) is 17.4. The van der Waals surface area contributed by atoms with E-state index in [2.05, 4.69) is 55.4 Å². The molecule has 8 atom stereocenters. The molecule has 0 aliphatic carbocycles. The molecule has 0 aromatic carbocycles. The zero-order chi connectivity index (χ0) is 39.9. The summed E-state index contributed by atoms with van der Waals surface area (Å²) in [5.74, 6) is -0.563. The first-order valence-corrected chi connectivity index (χ1v) is 23.1. The summed E-state index contributed by atoms with van der Waals surface area (Å²) < 4.78 is 33.2. The van der Waals surface area contributed by atoms with Gasteiger partial charge in [0.05, 0.1) is 5.92 Å². The van der Waals surface area contributed by atoms with Crippen LogP contribution in [0.25, 0.3) is 0 Å². The van der Waals surface area contributed by atoms with Crippen molar-refractivity contribution >= 4 is 22.1 Å². The molecule has 3 N–H and O–H groups in total. The number of hydrogen-bond acceptors (Lipinski definition) is 4.